The molecule has 2 aliphatic heterocycles. The Morgan fingerprint density at radius 1 is 1.19 bits per heavy atom. The summed E-state index contributed by atoms with van der Waals surface area (Å²) >= 11 is 5.70. The molecule has 2 heterocycles. The Kier molecular flexibility index (Phi) is 4.07. The maximum atomic E-state index is 12.2. The van der Waals surface area contributed by atoms with Gasteiger partial charge in [0, 0.05) is 32.1 Å². The molecule has 1 unspecified atom stereocenters. The first kappa shape index (κ1) is 12.6. The number of rotatable bonds is 3. The van der Waals surface area contributed by atoms with E-state index in [1.54, 1.807) is 4.31 Å². The Morgan fingerprint density at radius 2 is 1.88 bits per heavy atom. The molecule has 0 spiro atoms. The van der Waals surface area contributed by atoms with Crippen molar-refractivity contribution in [2.45, 2.75) is 18.9 Å². The number of hydrogen-bond acceptors (Lipinski definition) is 3. The smallest absolute Gasteiger partial charge is 0.282 e. The van der Waals surface area contributed by atoms with Crippen molar-refractivity contribution in [3.8, 4) is 0 Å². The molecule has 0 aromatic heterocycles. The summed E-state index contributed by atoms with van der Waals surface area (Å²) < 4.78 is 32.8. The highest BCUT2D eigenvalue weighted by atomic mass is 35.5. The van der Waals surface area contributed by atoms with Gasteiger partial charge in [-0.05, 0) is 12.8 Å². The molecule has 2 fully saturated rings. The SMILES string of the molecule is O=S(=O)(N1CCCC1)N1CCOC(CCl)C1. The zero-order valence-electron chi connectivity index (χ0n) is 9.14. The molecule has 16 heavy (non-hydrogen) atoms. The molecule has 0 N–H and O–H groups in total. The van der Waals surface area contributed by atoms with Crippen LogP contribution in [-0.2, 0) is 14.9 Å². The number of alkyl halides is 1. The molecule has 2 rings (SSSR count). The Bertz CT molecular complexity index is 330. The summed E-state index contributed by atoms with van der Waals surface area (Å²) in [5, 5.41) is 0. The molecule has 94 valence electrons. The molecule has 0 amide bonds. The van der Waals surface area contributed by atoms with Crippen LogP contribution >= 0.6 is 11.6 Å². The lowest BCUT2D eigenvalue weighted by Crippen LogP contribution is -2.51. The third-order valence-electron chi connectivity index (χ3n) is 2.99. The van der Waals surface area contributed by atoms with Crippen molar-refractivity contribution in [2.75, 3.05) is 38.7 Å². The highest BCUT2D eigenvalue weighted by Crippen LogP contribution is 2.19. The second kappa shape index (κ2) is 5.18. The van der Waals surface area contributed by atoms with Gasteiger partial charge >= 0.3 is 0 Å². The van der Waals surface area contributed by atoms with Gasteiger partial charge in [0.05, 0.1) is 12.7 Å². The predicted molar refractivity (Wildman–Crippen MR) is 61.8 cm³/mol. The first-order chi connectivity index (χ1) is 7.64. The van der Waals surface area contributed by atoms with Gasteiger partial charge in [0.25, 0.3) is 10.2 Å². The van der Waals surface area contributed by atoms with Crippen molar-refractivity contribution in [1.29, 1.82) is 0 Å². The van der Waals surface area contributed by atoms with E-state index in [2.05, 4.69) is 0 Å². The quantitative estimate of drug-likeness (QED) is 0.691. The van der Waals surface area contributed by atoms with Crippen LogP contribution in [0, 0.1) is 0 Å². The monoisotopic (exact) mass is 268 g/mol. The third-order valence-corrected chi connectivity index (χ3v) is 5.34. The van der Waals surface area contributed by atoms with Crippen LogP contribution in [0.3, 0.4) is 0 Å². The van der Waals surface area contributed by atoms with Gasteiger partial charge < -0.3 is 4.74 Å². The second-order valence-corrected chi connectivity index (χ2v) is 6.36. The van der Waals surface area contributed by atoms with Crippen molar-refractivity contribution in [3.05, 3.63) is 0 Å². The molecule has 0 aromatic rings. The number of nitrogens with zero attached hydrogens (tertiary/aromatic N) is 2. The zero-order valence-corrected chi connectivity index (χ0v) is 10.7. The van der Waals surface area contributed by atoms with Crippen molar-refractivity contribution >= 4 is 21.8 Å². The van der Waals surface area contributed by atoms with Crippen LogP contribution in [0.4, 0.5) is 0 Å². The van der Waals surface area contributed by atoms with Gasteiger partial charge in [0.15, 0.2) is 0 Å². The summed E-state index contributed by atoms with van der Waals surface area (Å²) in [6, 6.07) is 0. The summed E-state index contributed by atoms with van der Waals surface area (Å²) in [5.41, 5.74) is 0. The average molecular weight is 269 g/mol. The van der Waals surface area contributed by atoms with Crippen molar-refractivity contribution in [2.24, 2.45) is 0 Å². The van der Waals surface area contributed by atoms with E-state index in [9.17, 15) is 8.42 Å². The van der Waals surface area contributed by atoms with Gasteiger partial charge in [-0.25, -0.2) is 0 Å². The van der Waals surface area contributed by atoms with E-state index < -0.39 is 10.2 Å². The fourth-order valence-corrected chi connectivity index (χ4v) is 3.97. The third kappa shape index (κ3) is 2.51. The molecule has 0 bridgehead atoms. The van der Waals surface area contributed by atoms with Crippen LogP contribution in [0.5, 0.6) is 0 Å². The predicted octanol–water partition coefficient (Wildman–Crippen LogP) is 0.267. The summed E-state index contributed by atoms with van der Waals surface area (Å²) in [7, 11) is -3.28. The highest BCUT2D eigenvalue weighted by molar-refractivity contribution is 7.86. The molecule has 0 saturated carbocycles. The van der Waals surface area contributed by atoms with Crippen LogP contribution in [0.1, 0.15) is 12.8 Å². The molecule has 2 aliphatic rings. The van der Waals surface area contributed by atoms with Gasteiger partial charge in [0.1, 0.15) is 0 Å². The molecule has 7 heteroatoms. The normalized spacial score (nSPS) is 29.7. The Morgan fingerprint density at radius 3 is 2.50 bits per heavy atom. The Labute approximate surface area is 101 Å². The average Bonchev–Trinajstić information content (AvgIpc) is 2.83. The van der Waals surface area contributed by atoms with E-state index in [0.717, 1.165) is 12.8 Å². The summed E-state index contributed by atoms with van der Waals surface area (Å²) in [5.74, 6) is 0.339. The fraction of sp³-hybridized carbons (Fsp3) is 1.00. The second-order valence-electron chi connectivity index (χ2n) is 4.12. The zero-order chi connectivity index (χ0) is 11.6. The van der Waals surface area contributed by atoms with Crippen molar-refractivity contribution < 1.29 is 13.2 Å². The summed E-state index contributed by atoms with van der Waals surface area (Å²) in [6.07, 6.45) is 1.75. The number of hydrogen-bond donors (Lipinski definition) is 0. The number of halogens is 1. The topological polar surface area (TPSA) is 49.9 Å². The molecule has 0 aromatic carbocycles. The fourth-order valence-electron chi connectivity index (χ4n) is 2.08. The molecule has 1 atom stereocenters. The van der Waals surface area contributed by atoms with Crippen LogP contribution in [-0.4, -0.2) is 61.8 Å². The van der Waals surface area contributed by atoms with E-state index in [1.165, 1.54) is 4.31 Å². The molecule has 2 saturated heterocycles. The van der Waals surface area contributed by atoms with E-state index in [0.29, 0.717) is 38.7 Å². The first-order valence-corrected chi connectivity index (χ1v) is 7.50. The van der Waals surface area contributed by atoms with Crippen LogP contribution in [0.15, 0.2) is 0 Å². The van der Waals surface area contributed by atoms with Crippen LogP contribution in [0.25, 0.3) is 0 Å². The minimum atomic E-state index is -3.28. The van der Waals surface area contributed by atoms with E-state index in [4.69, 9.17) is 16.3 Å². The molecule has 5 nitrogen and oxygen atoms in total. The van der Waals surface area contributed by atoms with Gasteiger partial charge in [-0.15, -0.1) is 11.6 Å². The number of ether oxygens (including phenoxy) is 1. The summed E-state index contributed by atoms with van der Waals surface area (Å²) in [4.78, 5) is 0. The highest BCUT2D eigenvalue weighted by Gasteiger charge is 2.34. The van der Waals surface area contributed by atoms with Crippen molar-refractivity contribution in [3.63, 3.8) is 0 Å². The van der Waals surface area contributed by atoms with Crippen LogP contribution in [0.2, 0.25) is 0 Å². The van der Waals surface area contributed by atoms with E-state index in [-0.39, 0.29) is 6.10 Å². The Hall–Kier alpha value is 0.120. The van der Waals surface area contributed by atoms with E-state index in [1.807, 2.05) is 0 Å². The lowest BCUT2D eigenvalue weighted by atomic mass is 10.3. The van der Waals surface area contributed by atoms with Crippen molar-refractivity contribution in [1.82, 2.24) is 8.61 Å². The van der Waals surface area contributed by atoms with Gasteiger partial charge in [0.2, 0.25) is 0 Å². The van der Waals surface area contributed by atoms with Gasteiger partial charge in [-0.3, -0.25) is 0 Å². The molecule has 0 aliphatic carbocycles. The molecular weight excluding hydrogens is 252 g/mol. The maximum Gasteiger partial charge on any atom is 0.282 e. The molecular formula is C9H17ClN2O3S. The maximum absolute atomic E-state index is 12.2. The van der Waals surface area contributed by atoms with E-state index >= 15 is 0 Å². The van der Waals surface area contributed by atoms with Gasteiger partial charge in [-0.1, -0.05) is 0 Å². The van der Waals surface area contributed by atoms with Crippen LogP contribution < -0.4 is 0 Å². The van der Waals surface area contributed by atoms with Gasteiger partial charge in [-0.2, -0.15) is 17.0 Å². The minimum Gasteiger partial charge on any atom is -0.374 e. The lowest BCUT2D eigenvalue weighted by Gasteiger charge is -2.33. The largest absolute Gasteiger partial charge is 0.374 e. The Balaban J connectivity index is 2.04. The molecule has 0 radical (unpaired) electrons. The minimum absolute atomic E-state index is 0.173. The summed E-state index contributed by atoms with van der Waals surface area (Å²) in [6.45, 7) is 2.54. The standard InChI is InChI=1S/C9H17ClN2O3S/c10-7-9-8-12(5-6-15-9)16(13,14)11-3-1-2-4-11/h9H,1-8H2. The lowest BCUT2D eigenvalue weighted by molar-refractivity contribution is 0.0105. The first-order valence-electron chi connectivity index (χ1n) is 5.57. The number of morpholine rings is 1.